The Morgan fingerprint density at radius 1 is 1.21 bits per heavy atom. The standard InChI is InChI=1S/C18H18BrN3O2/c1-10-5-6-15(24-4)14(8-10)21-18(23)16-12(3)20-17-13(19)7-11(2)9-22(16)17/h5-9H,1-4H3,(H,21,23). The van der Waals surface area contributed by atoms with Gasteiger partial charge in [-0.2, -0.15) is 0 Å². The Labute approximate surface area is 148 Å². The first-order valence-electron chi connectivity index (χ1n) is 7.51. The fourth-order valence-electron chi connectivity index (χ4n) is 2.72. The molecule has 3 aromatic rings. The Morgan fingerprint density at radius 2 is 1.96 bits per heavy atom. The van der Waals surface area contributed by atoms with Crippen LogP contribution in [0.4, 0.5) is 5.69 Å². The number of hydrogen-bond donors (Lipinski definition) is 1. The normalized spacial score (nSPS) is 10.9. The summed E-state index contributed by atoms with van der Waals surface area (Å²) in [5.74, 6) is 0.402. The molecule has 6 heteroatoms. The number of nitrogens with one attached hydrogen (secondary N) is 1. The summed E-state index contributed by atoms with van der Waals surface area (Å²) >= 11 is 3.51. The molecule has 0 fully saturated rings. The average Bonchev–Trinajstić information content (AvgIpc) is 2.84. The molecule has 0 unspecified atom stereocenters. The predicted molar refractivity (Wildman–Crippen MR) is 98.1 cm³/mol. The number of methoxy groups -OCH3 is 1. The molecular weight excluding hydrogens is 370 g/mol. The third kappa shape index (κ3) is 2.89. The van der Waals surface area contributed by atoms with Gasteiger partial charge >= 0.3 is 0 Å². The summed E-state index contributed by atoms with van der Waals surface area (Å²) in [6.07, 6.45) is 1.91. The Morgan fingerprint density at radius 3 is 2.67 bits per heavy atom. The summed E-state index contributed by atoms with van der Waals surface area (Å²) in [5.41, 5.74) is 4.62. The number of benzene rings is 1. The summed E-state index contributed by atoms with van der Waals surface area (Å²) in [4.78, 5) is 17.4. The van der Waals surface area contributed by atoms with Crippen LogP contribution in [0.3, 0.4) is 0 Å². The second-order valence-electron chi connectivity index (χ2n) is 5.76. The van der Waals surface area contributed by atoms with Crippen LogP contribution in [-0.4, -0.2) is 22.4 Å². The van der Waals surface area contributed by atoms with E-state index in [0.717, 1.165) is 21.2 Å². The number of pyridine rings is 1. The maximum absolute atomic E-state index is 12.9. The zero-order valence-electron chi connectivity index (χ0n) is 14.0. The van der Waals surface area contributed by atoms with Crippen molar-refractivity contribution in [3.8, 4) is 5.75 Å². The van der Waals surface area contributed by atoms with E-state index in [0.29, 0.717) is 22.8 Å². The molecule has 5 nitrogen and oxygen atoms in total. The highest BCUT2D eigenvalue weighted by molar-refractivity contribution is 9.10. The van der Waals surface area contributed by atoms with Crippen molar-refractivity contribution in [1.29, 1.82) is 0 Å². The maximum Gasteiger partial charge on any atom is 0.274 e. The zero-order chi connectivity index (χ0) is 17.4. The zero-order valence-corrected chi connectivity index (χ0v) is 15.6. The SMILES string of the molecule is COc1ccc(C)cc1NC(=O)c1c(C)nc2c(Br)cc(C)cn12. The van der Waals surface area contributed by atoms with Crippen molar-refractivity contribution in [2.75, 3.05) is 12.4 Å². The Kier molecular flexibility index (Phi) is 4.32. The quantitative estimate of drug-likeness (QED) is 0.729. The molecule has 2 aromatic heterocycles. The van der Waals surface area contributed by atoms with E-state index in [9.17, 15) is 4.79 Å². The fraction of sp³-hybridized carbons (Fsp3) is 0.222. The van der Waals surface area contributed by atoms with Crippen LogP contribution in [-0.2, 0) is 0 Å². The summed E-state index contributed by atoms with van der Waals surface area (Å²) in [5, 5.41) is 2.94. The van der Waals surface area contributed by atoms with Gasteiger partial charge in [0.25, 0.3) is 5.91 Å². The molecule has 0 aliphatic heterocycles. The van der Waals surface area contributed by atoms with Gasteiger partial charge in [0.2, 0.25) is 0 Å². The Hall–Kier alpha value is -2.34. The molecule has 2 heterocycles. The molecule has 0 saturated heterocycles. The lowest BCUT2D eigenvalue weighted by Crippen LogP contribution is -2.16. The number of halogens is 1. The fourth-order valence-corrected chi connectivity index (χ4v) is 3.36. The van der Waals surface area contributed by atoms with Gasteiger partial charge in [0, 0.05) is 6.20 Å². The lowest BCUT2D eigenvalue weighted by molar-refractivity contribution is 0.102. The summed E-state index contributed by atoms with van der Waals surface area (Å²) in [7, 11) is 1.58. The van der Waals surface area contributed by atoms with Gasteiger partial charge in [-0.05, 0) is 66.0 Å². The maximum atomic E-state index is 12.9. The van der Waals surface area contributed by atoms with Gasteiger partial charge in [-0.1, -0.05) is 6.07 Å². The van der Waals surface area contributed by atoms with Crippen molar-refractivity contribution in [2.45, 2.75) is 20.8 Å². The summed E-state index contributed by atoms with van der Waals surface area (Å²) < 4.78 is 8.00. The lowest BCUT2D eigenvalue weighted by atomic mass is 10.2. The molecule has 124 valence electrons. The van der Waals surface area contributed by atoms with Gasteiger partial charge < -0.3 is 10.1 Å². The smallest absolute Gasteiger partial charge is 0.274 e. The number of imidazole rings is 1. The molecule has 1 amide bonds. The van der Waals surface area contributed by atoms with Gasteiger partial charge in [0.15, 0.2) is 5.65 Å². The van der Waals surface area contributed by atoms with Gasteiger partial charge in [0.05, 0.1) is 23.0 Å². The average molecular weight is 388 g/mol. The molecule has 24 heavy (non-hydrogen) atoms. The minimum Gasteiger partial charge on any atom is -0.495 e. The highest BCUT2D eigenvalue weighted by Gasteiger charge is 2.19. The minimum absolute atomic E-state index is 0.221. The highest BCUT2D eigenvalue weighted by Crippen LogP contribution is 2.27. The molecule has 1 N–H and O–H groups in total. The van der Waals surface area contributed by atoms with Crippen LogP contribution in [0.15, 0.2) is 34.9 Å². The summed E-state index contributed by atoms with van der Waals surface area (Å²) in [6, 6.07) is 7.64. The third-order valence-corrected chi connectivity index (χ3v) is 4.39. The lowest BCUT2D eigenvalue weighted by Gasteiger charge is -2.11. The third-order valence-electron chi connectivity index (χ3n) is 3.80. The van der Waals surface area contributed by atoms with E-state index >= 15 is 0 Å². The molecule has 0 saturated carbocycles. The van der Waals surface area contributed by atoms with Crippen LogP contribution >= 0.6 is 15.9 Å². The first kappa shape index (κ1) is 16.5. The number of aryl methyl sites for hydroxylation is 3. The van der Waals surface area contributed by atoms with E-state index in [-0.39, 0.29) is 5.91 Å². The van der Waals surface area contributed by atoms with E-state index in [1.54, 1.807) is 7.11 Å². The van der Waals surface area contributed by atoms with E-state index in [1.807, 2.05) is 55.6 Å². The number of hydrogen-bond acceptors (Lipinski definition) is 3. The van der Waals surface area contributed by atoms with Crippen molar-refractivity contribution >= 4 is 33.2 Å². The number of ether oxygens (including phenoxy) is 1. The van der Waals surface area contributed by atoms with Crippen LogP contribution < -0.4 is 10.1 Å². The number of amides is 1. The van der Waals surface area contributed by atoms with Crippen LogP contribution in [0.1, 0.15) is 27.3 Å². The van der Waals surface area contributed by atoms with Gasteiger partial charge in [-0.3, -0.25) is 9.20 Å². The van der Waals surface area contributed by atoms with Crippen molar-refractivity contribution in [3.05, 3.63) is 57.4 Å². The number of nitrogens with zero attached hydrogens (tertiary/aromatic N) is 2. The van der Waals surface area contributed by atoms with E-state index in [4.69, 9.17) is 4.74 Å². The largest absolute Gasteiger partial charge is 0.495 e. The number of carbonyl (C=O) groups is 1. The second kappa shape index (κ2) is 6.28. The molecule has 3 rings (SSSR count). The first-order valence-corrected chi connectivity index (χ1v) is 8.31. The molecule has 0 spiro atoms. The first-order chi connectivity index (χ1) is 11.4. The topological polar surface area (TPSA) is 55.6 Å². The molecule has 0 aliphatic rings. The van der Waals surface area contributed by atoms with E-state index in [2.05, 4.69) is 26.2 Å². The number of aromatic nitrogens is 2. The Bertz CT molecular complexity index is 947. The van der Waals surface area contributed by atoms with Crippen LogP contribution in [0.25, 0.3) is 5.65 Å². The number of anilines is 1. The predicted octanol–water partition coefficient (Wildman–Crippen LogP) is 4.28. The van der Waals surface area contributed by atoms with Crippen LogP contribution in [0, 0.1) is 20.8 Å². The van der Waals surface area contributed by atoms with Crippen molar-refractivity contribution in [2.24, 2.45) is 0 Å². The summed E-state index contributed by atoms with van der Waals surface area (Å²) in [6.45, 7) is 5.77. The van der Waals surface area contributed by atoms with Crippen LogP contribution in [0.5, 0.6) is 5.75 Å². The Balaban J connectivity index is 2.07. The van der Waals surface area contributed by atoms with Gasteiger partial charge in [-0.25, -0.2) is 4.98 Å². The molecule has 0 radical (unpaired) electrons. The second-order valence-corrected chi connectivity index (χ2v) is 6.62. The molecule has 0 aliphatic carbocycles. The molecular formula is C18H18BrN3O2. The van der Waals surface area contributed by atoms with Crippen LogP contribution in [0.2, 0.25) is 0 Å². The molecule has 0 atom stereocenters. The van der Waals surface area contributed by atoms with E-state index < -0.39 is 0 Å². The number of rotatable bonds is 3. The monoisotopic (exact) mass is 387 g/mol. The van der Waals surface area contributed by atoms with Crippen molar-refractivity contribution in [3.63, 3.8) is 0 Å². The van der Waals surface area contributed by atoms with Gasteiger partial charge in [-0.15, -0.1) is 0 Å². The minimum atomic E-state index is -0.221. The van der Waals surface area contributed by atoms with Crippen molar-refractivity contribution < 1.29 is 9.53 Å². The van der Waals surface area contributed by atoms with Gasteiger partial charge in [0.1, 0.15) is 11.4 Å². The molecule has 0 bridgehead atoms. The molecule has 1 aromatic carbocycles. The number of carbonyl (C=O) groups excluding carboxylic acids is 1. The number of fused-ring (bicyclic) bond motifs is 1. The van der Waals surface area contributed by atoms with Crippen molar-refractivity contribution in [1.82, 2.24) is 9.38 Å². The highest BCUT2D eigenvalue weighted by atomic mass is 79.9. The van der Waals surface area contributed by atoms with E-state index in [1.165, 1.54) is 0 Å².